The molecule has 0 unspecified atom stereocenters. The number of benzene rings is 1. The molecule has 0 aliphatic carbocycles. The number of nitrogens with one attached hydrogen (secondary N) is 1. The van der Waals surface area contributed by atoms with Gasteiger partial charge in [-0.2, -0.15) is 0 Å². The lowest BCUT2D eigenvalue weighted by Crippen LogP contribution is -2.09. The number of methoxy groups -OCH3 is 2. The Morgan fingerprint density at radius 3 is 2.53 bits per heavy atom. The zero-order chi connectivity index (χ0) is 10.9. The fourth-order valence-electron chi connectivity index (χ4n) is 1.41. The molecule has 0 aromatic heterocycles. The van der Waals surface area contributed by atoms with Gasteiger partial charge in [-0.1, -0.05) is 18.2 Å². The summed E-state index contributed by atoms with van der Waals surface area (Å²) in [7, 11) is 3.43. The normalized spacial score (nSPS) is 10.3. The van der Waals surface area contributed by atoms with Gasteiger partial charge >= 0.3 is 0 Å². The lowest BCUT2D eigenvalue weighted by molar-refractivity contribution is 0.202. The number of rotatable bonds is 7. The molecular weight excluding hydrogens is 190 g/mol. The molecule has 1 aromatic carbocycles. The summed E-state index contributed by atoms with van der Waals surface area (Å²) in [5, 5.41) is 3.34. The van der Waals surface area contributed by atoms with Gasteiger partial charge in [-0.3, -0.25) is 0 Å². The third-order valence-corrected chi connectivity index (χ3v) is 2.21. The average Bonchev–Trinajstić information content (AvgIpc) is 2.28. The van der Waals surface area contributed by atoms with E-state index in [-0.39, 0.29) is 0 Å². The van der Waals surface area contributed by atoms with E-state index in [0.29, 0.717) is 0 Å². The summed E-state index contributed by atoms with van der Waals surface area (Å²) < 4.78 is 10.1. The van der Waals surface area contributed by atoms with E-state index in [9.17, 15) is 0 Å². The summed E-state index contributed by atoms with van der Waals surface area (Å²) in [6.07, 6.45) is 0.937. The van der Waals surface area contributed by atoms with Crippen LogP contribution in [0.1, 0.15) is 5.56 Å². The van der Waals surface area contributed by atoms with Gasteiger partial charge in [0.2, 0.25) is 0 Å². The fraction of sp³-hybridized carbons (Fsp3) is 0.500. The molecule has 1 aromatic rings. The Hall–Kier alpha value is -1.06. The van der Waals surface area contributed by atoms with Crippen LogP contribution in [0.25, 0.3) is 0 Å². The van der Waals surface area contributed by atoms with Gasteiger partial charge in [0.1, 0.15) is 0 Å². The summed E-state index contributed by atoms with van der Waals surface area (Å²) in [6.45, 7) is 2.31. The van der Waals surface area contributed by atoms with Gasteiger partial charge in [-0.25, -0.2) is 0 Å². The molecule has 0 saturated heterocycles. The number of hydrogen-bond acceptors (Lipinski definition) is 3. The maximum atomic E-state index is 5.07. The minimum atomic E-state index is 0.721. The van der Waals surface area contributed by atoms with Crippen molar-refractivity contribution in [3.8, 4) is 0 Å². The molecule has 0 aliphatic rings. The number of hydrogen-bond donors (Lipinski definition) is 1. The van der Waals surface area contributed by atoms with Crippen molar-refractivity contribution >= 4 is 5.69 Å². The molecule has 0 fully saturated rings. The number of anilines is 1. The molecule has 3 nitrogen and oxygen atoms in total. The van der Waals surface area contributed by atoms with Crippen LogP contribution in [0.2, 0.25) is 0 Å². The summed E-state index contributed by atoms with van der Waals surface area (Å²) in [6, 6.07) is 8.28. The van der Waals surface area contributed by atoms with Crippen LogP contribution in [0.5, 0.6) is 0 Å². The maximum Gasteiger partial charge on any atom is 0.0635 e. The van der Waals surface area contributed by atoms with Crippen molar-refractivity contribution in [2.45, 2.75) is 6.42 Å². The van der Waals surface area contributed by atoms with Crippen LogP contribution in [0.3, 0.4) is 0 Å². The summed E-state index contributed by atoms with van der Waals surface area (Å²) in [5.41, 5.74) is 2.46. The Morgan fingerprint density at radius 1 is 1.07 bits per heavy atom. The van der Waals surface area contributed by atoms with Gasteiger partial charge in [0.05, 0.1) is 13.2 Å². The molecule has 1 N–H and O–H groups in total. The van der Waals surface area contributed by atoms with Crippen LogP contribution in [0, 0.1) is 0 Å². The zero-order valence-electron chi connectivity index (χ0n) is 9.45. The van der Waals surface area contributed by atoms with Crippen molar-refractivity contribution in [1.82, 2.24) is 0 Å². The minimum Gasteiger partial charge on any atom is -0.384 e. The lowest BCUT2D eigenvalue weighted by atomic mass is 10.1. The third-order valence-electron chi connectivity index (χ3n) is 2.21. The molecule has 0 radical (unpaired) electrons. The van der Waals surface area contributed by atoms with Crippen molar-refractivity contribution in [3.05, 3.63) is 29.8 Å². The molecule has 3 heteroatoms. The molecular formula is C12H19NO2. The lowest BCUT2D eigenvalue weighted by Gasteiger charge is -2.11. The van der Waals surface area contributed by atoms with E-state index in [1.807, 2.05) is 12.1 Å². The second-order valence-corrected chi connectivity index (χ2v) is 3.32. The largest absolute Gasteiger partial charge is 0.384 e. The first-order valence-electron chi connectivity index (χ1n) is 5.18. The van der Waals surface area contributed by atoms with Gasteiger partial charge in [0.25, 0.3) is 0 Å². The maximum absolute atomic E-state index is 5.07. The van der Waals surface area contributed by atoms with Crippen molar-refractivity contribution < 1.29 is 9.47 Å². The van der Waals surface area contributed by atoms with Gasteiger partial charge < -0.3 is 14.8 Å². The first kappa shape index (κ1) is 12.0. The van der Waals surface area contributed by atoms with Crippen molar-refractivity contribution in [3.63, 3.8) is 0 Å². The van der Waals surface area contributed by atoms with Gasteiger partial charge in [-0.05, 0) is 18.1 Å². The quantitative estimate of drug-likeness (QED) is 0.696. The molecule has 0 spiro atoms. The average molecular weight is 209 g/mol. The highest BCUT2D eigenvalue weighted by atomic mass is 16.5. The molecule has 0 amide bonds. The molecule has 84 valence electrons. The Bertz CT molecular complexity index is 276. The van der Waals surface area contributed by atoms with Crippen LogP contribution in [0.15, 0.2) is 24.3 Å². The predicted molar refractivity (Wildman–Crippen MR) is 62.4 cm³/mol. The van der Waals surface area contributed by atoms with E-state index < -0.39 is 0 Å². The SMILES string of the molecule is COCCNc1ccccc1CCOC. The zero-order valence-corrected chi connectivity index (χ0v) is 9.45. The second-order valence-electron chi connectivity index (χ2n) is 3.32. The Morgan fingerprint density at radius 2 is 1.80 bits per heavy atom. The third kappa shape index (κ3) is 4.32. The van der Waals surface area contributed by atoms with E-state index in [2.05, 4.69) is 17.4 Å². The Kier molecular flexibility index (Phi) is 5.81. The highest BCUT2D eigenvalue weighted by molar-refractivity contribution is 5.51. The van der Waals surface area contributed by atoms with Crippen molar-refractivity contribution in [1.29, 1.82) is 0 Å². The number of para-hydroxylation sites is 1. The van der Waals surface area contributed by atoms with Crippen LogP contribution in [-0.2, 0) is 15.9 Å². The smallest absolute Gasteiger partial charge is 0.0635 e. The van der Waals surface area contributed by atoms with Crippen LogP contribution < -0.4 is 5.32 Å². The number of ether oxygens (including phenoxy) is 2. The van der Waals surface area contributed by atoms with Gasteiger partial charge in [0.15, 0.2) is 0 Å². The van der Waals surface area contributed by atoms with Crippen molar-refractivity contribution in [2.75, 3.05) is 39.3 Å². The molecule has 0 saturated carbocycles. The van der Waals surface area contributed by atoms with E-state index >= 15 is 0 Å². The Labute approximate surface area is 91.4 Å². The van der Waals surface area contributed by atoms with E-state index in [0.717, 1.165) is 26.2 Å². The highest BCUT2D eigenvalue weighted by Crippen LogP contribution is 2.15. The molecule has 0 aliphatic heterocycles. The van der Waals surface area contributed by atoms with Gasteiger partial charge in [-0.15, -0.1) is 0 Å². The monoisotopic (exact) mass is 209 g/mol. The van der Waals surface area contributed by atoms with E-state index in [1.54, 1.807) is 14.2 Å². The highest BCUT2D eigenvalue weighted by Gasteiger charge is 1.99. The first-order valence-corrected chi connectivity index (χ1v) is 5.18. The Balaban J connectivity index is 2.52. The first-order chi connectivity index (χ1) is 7.38. The van der Waals surface area contributed by atoms with Crippen molar-refractivity contribution in [2.24, 2.45) is 0 Å². The summed E-state index contributed by atoms with van der Waals surface area (Å²) >= 11 is 0. The topological polar surface area (TPSA) is 30.5 Å². The van der Waals surface area contributed by atoms with E-state index in [4.69, 9.17) is 9.47 Å². The van der Waals surface area contributed by atoms with Crippen LogP contribution >= 0.6 is 0 Å². The van der Waals surface area contributed by atoms with Crippen LogP contribution in [0.4, 0.5) is 5.69 Å². The molecule has 1 rings (SSSR count). The molecule has 0 atom stereocenters. The van der Waals surface area contributed by atoms with Gasteiger partial charge in [0, 0.05) is 26.5 Å². The standard InChI is InChI=1S/C12H19NO2/c1-14-9-7-11-5-3-4-6-12(11)13-8-10-15-2/h3-6,13H,7-10H2,1-2H3. The predicted octanol–water partition coefficient (Wildman–Crippen LogP) is 1.93. The van der Waals surface area contributed by atoms with Crippen LogP contribution in [-0.4, -0.2) is 34.0 Å². The van der Waals surface area contributed by atoms with E-state index in [1.165, 1.54) is 11.3 Å². The summed E-state index contributed by atoms with van der Waals surface area (Å²) in [5.74, 6) is 0. The fourth-order valence-corrected chi connectivity index (χ4v) is 1.41. The molecule has 0 bridgehead atoms. The molecule has 0 heterocycles. The minimum absolute atomic E-state index is 0.721. The second kappa shape index (κ2) is 7.26. The summed E-state index contributed by atoms with van der Waals surface area (Å²) in [4.78, 5) is 0. The molecule has 15 heavy (non-hydrogen) atoms.